The third kappa shape index (κ3) is 62.8. The van der Waals surface area contributed by atoms with Crippen LogP contribution in [-0.2, 0) is 9.59 Å². The fraction of sp³-hybridized carbons (Fsp3) is 0.972. The molecule has 0 aromatic heterocycles. The molecule has 0 aliphatic heterocycles. The Bertz CT molecular complexity index is 1120. The van der Waals surface area contributed by atoms with E-state index in [1.165, 1.54) is 289 Å². The van der Waals surface area contributed by atoms with E-state index in [4.69, 9.17) is 0 Å². The molecule has 0 bridgehead atoms. The van der Waals surface area contributed by atoms with Gasteiger partial charge in [-0.1, -0.05) is 336 Å². The van der Waals surface area contributed by atoms with E-state index in [2.05, 4.69) is 53.9 Å². The first-order chi connectivity index (χ1) is 39.4. The Kier molecular flexibility index (Phi) is 65.8. The van der Waals surface area contributed by atoms with Gasteiger partial charge in [-0.2, -0.15) is 0 Å². The zero-order chi connectivity index (χ0) is 58.1. The van der Waals surface area contributed by atoms with Gasteiger partial charge in [0, 0.05) is 32.7 Å². The van der Waals surface area contributed by atoms with Gasteiger partial charge in [0.1, 0.15) is 0 Å². The zero-order valence-electron chi connectivity index (χ0n) is 54.7. The van der Waals surface area contributed by atoms with Crippen LogP contribution in [0.4, 0.5) is 0 Å². The van der Waals surface area contributed by atoms with E-state index in [-0.39, 0.29) is 24.9 Å². The third-order valence-electron chi connectivity index (χ3n) is 17.2. The van der Waals surface area contributed by atoms with Crippen LogP contribution in [0.3, 0.4) is 0 Å². The predicted molar refractivity (Wildman–Crippen MR) is 351 cm³/mol. The van der Waals surface area contributed by atoms with Crippen molar-refractivity contribution in [1.82, 2.24) is 26.2 Å². The van der Waals surface area contributed by atoms with Crippen molar-refractivity contribution in [2.24, 2.45) is 5.92 Å². The van der Waals surface area contributed by atoms with E-state index in [1.807, 2.05) is 0 Å². The van der Waals surface area contributed by atoms with Crippen molar-refractivity contribution in [2.75, 3.05) is 58.9 Å². The lowest BCUT2D eigenvalue weighted by Gasteiger charge is -2.26. The highest BCUT2D eigenvalue weighted by atomic mass is 16.3. The number of amides is 2. The van der Waals surface area contributed by atoms with Crippen molar-refractivity contribution in [3.8, 4) is 0 Å². The molecule has 0 aliphatic rings. The lowest BCUT2D eigenvalue weighted by atomic mass is 9.89. The molecule has 0 spiro atoms. The molecule has 9 nitrogen and oxygen atoms in total. The number of aliphatic hydroxyl groups is 2. The van der Waals surface area contributed by atoms with Crippen LogP contribution in [0.2, 0.25) is 0 Å². The molecule has 3 atom stereocenters. The summed E-state index contributed by atoms with van der Waals surface area (Å²) in [7, 11) is 0. The second kappa shape index (κ2) is 66.9. The standard InChI is InChI=1S/C71H145N5O4/c1-5-9-13-17-21-25-29-33-37-41-45-49-55-67(61-68(77)62-72-64-70(79)74-57-51-46-42-38-34-30-26-22-18-14-10-6-2)56-50-54-60-76(59-53-48-44-40-36-32-28-24-20-16-12-8-4)66-69(78)63-73-65-71(80)75-58-52-47-43-39-35-31-27-23-19-15-11-7-3/h67-69,72-73,77-78H,5-66H2,1-4H3,(H,74,79)(H,75,80). The summed E-state index contributed by atoms with van der Waals surface area (Å²) in [5.74, 6) is 0.534. The summed E-state index contributed by atoms with van der Waals surface area (Å²) in [6.45, 7) is 14.6. The molecule has 0 aromatic carbocycles. The molecule has 9 heteroatoms. The highest BCUT2D eigenvalue weighted by Gasteiger charge is 2.17. The summed E-state index contributed by atoms with van der Waals surface area (Å²) in [4.78, 5) is 27.8. The van der Waals surface area contributed by atoms with E-state index in [1.54, 1.807) is 0 Å². The van der Waals surface area contributed by atoms with E-state index in [9.17, 15) is 19.8 Å². The van der Waals surface area contributed by atoms with Gasteiger partial charge >= 0.3 is 0 Å². The minimum Gasteiger partial charge on any atom is -0.392 e. The summed E-state index contributed by atoms with van der Waals surface area (Å²) in [5, 5.41) is 35.3. The summed E-state index contributed by atoms with van der Waals surface area (Å²) < 4.78 is 0. The molecule has 0 saturated heterocycles. The fourth-order valence-electron chi connectivity index (χ4n) is 11.9. The number of hydrogen-bond donors (Lipinski definition) is 6. The van der Waals surface area contributed by atoms with Crippen LogP contribution in [0.1, 0.15) is 368 Å². The molecule has 0 saturated carbocycles. The van der Waals surface area contributed by atoms with Crippen LogP contribution in [0.5, 0.6) is 0 Å². The summed E-state index contributed by atoms with van der Waals surface area (Å²) in [6.07, 6.45) is 68.1. The second-order valence-electron chi connectivity index (χ2n) is 25.5. The van der Waals surface area contributed by atoms with Crippen LogP contribution >= 0.6 is 0 Å². The normalized spacial score (nSPS) is 12.9. The van der Waals surface area contributed by atoms with Gasteiger partial charge in [0.25, 0.3) is 0 Å². The molecule has 0 aliphatic carbocycles. The molecular weight excluding hydrogens is 987 g/mol. The molecule has 0 heterocycles. The molecule has 80 heavy (non-hydrogen) atoms. The van der Waals surface area contributed by atoms with Gasteiger partial charge in [-0.15, -0.1) is 0 Å². The smallest absolute Gasteiger partial charge is 0.233 e. The molecular formula is C71H145N5O4. The van der Waals surface area contributed by atoms with Gasteiger partial charge in [-0.3, -0.25) is 9.59 Å². The number of rotatable bonds is 69. The van der Waals surface area contributed by atoms with Crippen LogP contribution in [-0.4, -0.2) is 98.0 Å². The quantitative estimate of drug-likeness (QED) is 0.0335. The van der Waals surface area contributed by atoms with Crippen molar-refractivity contribution < 1.29 is 19.8 Å². The minimum atomic E-state index is -0.519. The first kappa shape index (κ1) is 78.7. The van der Waals surface area contributed by atoms with E-state index in [0.29, 0.717) is 25.6 Å². The van der Waals surface area contributed by atoms with E-state index < -0.39 is 12.2 Å². The largest absolute Gasteiger partial charge is 0.392 e. The first-order valence-electron chi connectivity index (χ1n) is 36.4. The molecule has 478 valence electrons. The lowest BCUT2D eigenvalue weighted by molar-refractivity contribution is -0.121. The molecule has 2 amide bonds. The second-order valence-corrected chi connectivity index (χ2v) is 25.5. The van der Waals surface area contributed by atoms with Gasteiger partial charge in [-0.25, -0.2) is 0 Å². The van der Waals surface area contributed by atoms with Crippen molar-refractivity contribution in [1.29, 1.82) is 0 Å². The fourth-order valence-corrected chi connectivity index (χ4v) is 11.9. The average Bonchev–Trinajstić information content (AvgIpc) is 3.44. The highest BCUT2D eigenvalue weighted by molar-refractivity contribution is 5.78. The van der Waals surface area contributed by atoms with Crippen molar-refractivity contribution in [3.05, 3.63) is 0 Å². The minimum absolute atomic E-state index is 0.0262. The maximum atomic E-state index is 12.7. The Morgan fingerprint density at radius 2 is 0.575 bits per heavy atom. The topological polar surface area (TPSA) is 126 Å². The molecule has 0 rings (SSSR count). The van der Waals surface area contributed by atoms with Crippen molar-refractivity contribution >= 4 is 11.8 Å². The third-order valence-corrected chi connectivity index (χ3v) is 17.2. The Morgan fingerprint density at radius 3 is 0.900 bits per heavy atom. The number of nitrogens with zero attached hydrogens (tertiary/aromatic N) is 1. The Morgan fingerprint density at radius 1 is 0.325 bits per heavy atom. The van der Waals surface area contributed by atoms with Crippen LogP contribution in [0, 0.1) is 5.92 Å². The Labute approximate surface area is 500 Å². The monoisotopic (exact) mass is 1130 g/mol. The lowest BCUT2D eigenvalue weighted by Crippen LogP contribution is -2.42. The van der Waals surface area contributed by atoms with Gasteiger partial charge in [0.05, 0.1) is 25.3 Å². The van der Waals surface area contributed by atoms with E-state index >= 15 is 0 Å². The average molecular weight is 1130 g/mol. The summed E-state index contributed by atoms with van der Waals surface area (Å²) >= 11 is 0. The maximum absolute atomic E-state index is 12.7. The molecule has 0 radical (unpaired) electrons. The van der Waals surface area contributed by atoms with Crippen LogP contribution in [0.15, 0.2) is 0 Å². The molecule has 0 aromatic rings. The van der Waals surface area contributed by atoms with E-state index in [0.717, 1.165) is 77.5 Å². The number of unbranched alkanes of at least 4 members (excludes halogenated alkanes) is 45. The number of carbonyl (C=O) groups excluding carboxylic acids is 2. The number of hydrogen-bond acceptors (Lipinski definition) is 7. The highest BCUT2D eigenvalue weighted by Crippen LogP contribution is 2.24. The first-order valence-corrected chi connectivity index (χ1v) is 36.4. The molecule has 0 fully saturated rings. The van der Waals surface area contributed by atoms with Crippen LogP contribution < -0.4 is 21.3 Å². The molecule has 3 unspecified atom stereocenters. The van der Waals surface area contributed by atoms with Crippen LogP contribution in [0.25, 0.3) is 0 Å². The maximum Gasteiger partial charge on any atom is 0.233 e. The SMILES string of the molecule is CCCCCCCCCCCCCCNC(=O)CNCC(O)CC(CCCCCCCCCCCCCC)CCCCN(CCCCCCCCCCCCCC)CC(O)CNCC(=O)NCCCCCCCCCCCCCC. The number of carbonyl (C=O) groups is 2. The summed E-state index contributed by atoms with van der Waals surface area (Å²) in [6, 6.07) is 0. The zero-order valence-corrected chi connectivity index (χ0v) is 54.7. The summed E-state index contributed by atoms with van der Waals surface area (Å²) in [5.41, 5.74) is 0. The number of nitrogens with one attached hydrogen (secondary N) is 4. The van der Waals surface area contributed by atoms with Gasteiger partial charge < -0.3 is 36.4 Å². The Balaban J connectivity index is 5.00. The number of aliphatic hydroxyl groups excluding tert-OH is 2. The predicted octanol–water partition coefficient (Wildman–Crippen LogP) is 18.8. The van der Waals surface area contributed by atoms with Crippen molar-refractivity contribution in [3.63, 3.8) is 0 Å². The van der Waals surface area contributed by atoms with Gasteiger partial charge in [-0.05, 0) is 51.1 Å². The van der Waals surface area contributed by atoms with Crippen molar-refractivity contribution in [2.45, 2.75) is 380 Å². The Hall–Kier alpha value is -1.26. The molecule has 6 N–H and O–H groups in total. The van der Waals surface area contributed by atoms with Gasteiger partial charge in [0.2, 0.25) is 11.8 Å². The van der Waals surface area contributed by atoms with Gasteiger partial charge in [0.15, 0.2) is 0 Å².